The zero-order valence-electron chi connectivity index (χ0n) is 14.9. The van der Waals surface area contributed by atoms with Gasteiger partial charge in [-0.25, -0.2) is 9.18 Å². The Hall–Kier alpha value is -2.83. The number of hydrogen-bond acceptors (Lipinski definition) is 5. The maximum atomic E-state index is 14.1. The second-order valence-corrected chi connectivity index (χ2v) is 6.59. The van der Waals surface area contributed by atoms with Gasteiger partial charge in [-0.1, -0.05) is 41.9 Å². The number of aromatic nitrogens is 1. The monoisotopic (exact) mass is 401 g/mol. The molecule has 0 aliphatic rings. The van der Waals surface area contributed by atoms with Crippen molar-refractivity contribution in [2.45, 2.75) is 13.0 Å². The number of fused-ring (bicyclic) bond motifs is 1. The van der Waals surface area contributed by atoms with Crippen molar-refractivity contribution in [1.29, 1.82) is 0 Å². The van der Waals surface area contributed by atoms with Crippen molar-refractivity contribution in [1.82, 2.24) is 4.98 Å². The Morgan fingerprint density at radius 1 is 1.04 bits per heavy atom. The third kappa shape index (κ3) is 5.58. The van der Waals surface area contributed by atoms with Crippen LogP contribution in [0.1, 0.15) is 11.1 Å². The zero-order valence-corrected chi connectivity index (χ0v) is 15.6. The van der Waals surface area contributed by atoms with Crippen LogP contribution >= 0.6 is 11.6 Å². The predicted octanol–water partition coefficient (Wildman–Crippen LogP) is 3.90. The van der Waals surface area contributed by atoms with Crippen LogP contribution in [0.3, 0.4) is 0 Å². The van der Waals surface area contributed by atoms with Gasteiger partial charge in [0.05, 0.1) is 11.6 Å². The number of carbonyl (C=O) groups is 2. The summed E-state index contributed by atoms with van der Waals surface area (Å²) >= 11 is 5.87. The lowest BCUT2D eigenvalue weighted by Crippen LogP contribution is -2.19. The molecule has 0 spiro atoms. The third-order valence-corrected chi connectivity index (χ3v) is 4.10. The standard InChI is InChI=1S/C21H17ClFNO4/c22-17-9-16-6-15(8-19(23)21(16)24-10-17)7-18(25)12-28-20(26)13-27-11-14-4-2-1-3-5-14/h1-6,8-10H,7,11-13H2. The molecule has 0 N–H and O–H groups in total. The topological polar surface area (TPSA) is 65.5 Å². The lowest BCUT2D eigenvalue weighted by molar-refractivity contribution is -0.152. The van der Waals surface area contributed by atoms with Crippen LogP contribution in [0.15, 0.2) is 54.7 Å². The smallest absolute Gasteiger partial charge is 0.332 e. The minimum atomic E-state index is -0.634. The Balaban J connectivity index is 1.47. The van der Waals surface area contributed by atoms with Gasteiger partial charge in [0, 0.05) is 18.0 Å². The number of rotatable bonds is 8. The molecule has 0 unspecified atom stereocenters. The average molecular weight is 402 g/mol. The van der Waals surface area contributed by atoms with Gasteiger partial charge in [0.15, 0.2) is 5.78 Å². The second-order valence-electron chi connectivity index (χ2n) is 6.16. The van der Waals surface area contributed by atoms with Crippen LogP contribution in [0.4, 0.5) is 4.39 Å². The van der Waals surface area contributed by atoms with Gasteiger partial charge >= 0.3 is 5.97 Å². The molecule has 3 rings (SSSR count). The SMILES string of the molecule is O=C(COC(=O)COCc1ccccc1)Cc1cc(F)c2ncc(Cl)cc2c1. The van der Waals surface area contributed by atoms with Crippen LogP contribution in [0.5, 0.6) is 0 Å². The highest BCUT2D eigenvalue weighted by Crippen LogP contribution is 2.21. The summed E-state index contributed by atoms with van der Waals surface area (Å²) < 4.78 is 24.3. The number of hydrogen-bond donors (Lipinski definition) is 0. The fourth-order valence-electron chi connectivity index (χ4n) is 2.65. The first kappa shape index (κ1) is 19.9. The summed E-state index contributed by atoms with van der Waals surface area (Å²) in [5.41, 5.74) is 1.57. The Morgan fingerprint density at radius 2 is 1.82 bits per heavy atom. The van der Waals surface area contributed by atoms with E-state index >= 15 is 0 Å². The van der Waals surface area contributed by atoms with Crippen LogP contribution in [0, 0.1) is 5.82 Å². The molecule has 0 aliphatic heterocycles. The third-order valence-electron chi connectivity index (χ3n) is 3.89. The molecule has 144 valence electrons. The number of Topliss-reactive ketones (excluding diaryl/α,β-unsaturated/α-hetero) is 1. The molecule has 1 heterocycles. The van der Waals surface area contributed by atoms with E-state index in [0.29, 0.717) is 16.0 Å². The number of pyridine rings is 1. The molecule has 0 atom stereocenters. The normalized spacial score (nSPS) is 10.8. The summed E-state index contributed by atoms with van der Waals surface area (Å²) in [6, 6.07) is 13.8. The molecule has 7 heteroatoms. The van der Waals surface area contributed by atoms with Crippen molar-refractivity contribution in [2.75, 3.05) is 13.2 Å². The van der Waals surface area contributed by atoms with Gasteiger partial charge < -0.3 is 9.47 Å². The molecular weight excluding hydrogens is 385 g/mol. The van der Waals surface area contributed by atoms with Gasteiger partial charge in [0.25, 0.3) is 0 Å². The van der Waals surface area contributed by atoms with E-state index in [1.807, 2.05) is 30.3 Å². The summed E-state index contributed by atoms with van der Waals surface area (Å²) in [5, 5.41) is 0.876. The fraction of sp³-hybridized carbons (Fsp3) is 0.190. The minimum Gasteiger partial charge on any atom is -0.456 e. The van der Waals surface area contributed by atoms with E-state index in [-0.39, 0.29) is 30.9 Å². The first-order chi connectivity index (χ1) is 13.5. The van der Waals surface area contributed by atoms with E-state index in [4.69, 9.17) is 21.1 Å². The maximum absolute atomic E-state index is 14.1. The van der Waals surface area contributed by atoms with E-state index in [1.165, 1.54) is 12.3 Å². The maximum Gasteiger partial charge on any atom is 0.332 e. The molecule has 0 bridgehead atoms. The van der Waals surface area contributed by atoms with E-state index in [1.54, 1.807) is 12.1 Å². The summed E-state index contributed by atoms with van der Waals surface area (Å²) in [6.07, 6.45) is 1.29. The lowest BCUT2D eigenvalue weighted by atomic mass is 10.1. The van der Waals surface area contributed by atoms with Crippen molar-refractivity contribution in [3.05, 3.63) is 76.7 Å². The molecule has 0 saturated carbocycles. The molecule has 0 aliphatic carbocycles. The van der Waals surface area contributed by atoms with E-state index in [0.717, 1.165) is 5.56 Å². The van der Waals surface area contributed by atoms with Gasteiger partial charge in [0.1, 0.15) is 24.5 Å². The van der Waals surface area contributed by atoms with Gasteiger partial charge in [-0.15, -0.1) is 0 Å². The summed E-state index contributed by atoms with van der Waals surface area (Å²) in [7, 11) is 0. The summed E-state index contributed by atoms with van der Waals surface area (Å²) in [6.45, 7) is -0.380. The first-order valence-electron chi connectivity index (χ1n) is 8.54. The number of carbonyl (C=O) groups excluding carboxylic acids is 2. The highest BCUT2D eigenvalue weighted by atomic mass is 35.5. The molecule has 0 radical (unpaired) electrons. The van der Waals surface area contributed by atoms with Crippen LogP contribution in [-0.2, 0) is 32.1 Å². The number of benzene rings is 2. The van der Waals surface area contributed by atoms with Crippen LogP contribution in [0.2, 0.25) is 5.02 Å². The number of nitrogens with zero attached hydrogens (tertiary/aromatic N) is 1. The number of ketones is 1. The zero-order chi connectivity index (χ0) is 19.9. The predicted molar refractivity (Wildman–Crippen MR) is 102 cm³/mol. The molecule has 1 aromatic heterocycles. The van der Waals surface area contributed by atoms with Crippen molar-refractivity contribution in [2.24, 2.45) is 0 Å². The van der Waals surface area contributed by atoms with Crippen molar-refractivity contribution < 1.29 is 23.5 Å². The summed E-state index contributed by atoms with van der Waals surface area (Å²) in [4.78, 5) is 27.7. The average Bonchev–Trinajstić information content (AvgIpc) is 2.67. The van der Waals surface area contributed by atoms with E-state index in [9.17, 15) is 14.0 Å². The van der Waals surface area contributed by atoms with Crippen LogP contribution in [-0.4, -0.2) is 30.0 Å². The van der Waals surface area contributed by atoms with Crippen molar-refractivity contribution in [3.8, 4) is 0 Å². The highest BCUT2D eigenvalue weighted by Gasteiger charge is 2.12. The molecule has 0 fully saturated rings. The molecule has 0 amide bonds. The van der Waals surface area contributed by atoms with Crippen molar-refractivity contribution >= 4 is 34.3 Å². The molecule has 28 heavy (non-hydrogen) atoms. The number of ether oxygens (including phenoxy) is 2. The van der Waals surface area contributed by atoms with Gasteiger partial charge in [-0.05, 0) is 29.3 Å². The number of esters is 1. The fourth-order valence-corrected chi connectivity index (χ4v) is 2.81. The lowest BCUT2D eigenvalue weighted by Gasteiger charge is -2.07. The minimum absolute atomic E-state index is 0.0719. The van der Waals surface area contributed by atoms with Crippen LogP contribution in [0.25, 0.3) is 10.9 Å². The molecule has 0 saturated heterocycles. The molecule has 3 aromatic rings. The summed E-state index contributed by atoms with van der Waals surface area (Å²) in [5.74, 6) is -1.53. The number of halogens is 2. The van der Waals surface area contributed by atoms with Gasteiger partial charge in [-0.3, -0.25) is 9.78 Å². The Kier molecular flexibility index (Phi) is 6.68. The first-order valence-corrected chi connectivity index (χ1v) is 8.92. The highest BCUT2D eigenvalue weighted by molar-refractivity contribution is 6.31. The molecule has 5 nitrogen and oxygen atoms in total. The Morgan fingerprint density at radius 3 is 2.61 bits per heavy atom. The van der Waals surface area contributed by atoms with E-state index < -0.39 is 18.4 Å². The quantitative estimate of drug-likeness (QED) is 0.535. The Labute approximate surface area is 166 Å². The molecule has 2 aromatic carbocycles. The van der Waals surface area contributed by atoms with Crippen LogP contribution < -0.4 is 0 Å². The second kappa shape index (κ2) is 9.39. The van der Waals surface area contributed by atoms with E-state index in [2.05, 4.69) is 4.98 Å². The largest absolute Gasteiger partial charge is 0.456 e. The van der Waals surface area contributed by atoms with Crippen molar-refractivity contribution in [3.63, 3.8) is 0 Å². The Bertz CT molecular complexity index is 994. The van der Waals surface area contributed by atoms with Gasteiger partial charge in [-0.2, -0.15) is 0 Å². The molecular formula is C21H17ClFNO4. The van der Waals surface area contributed by atoms with Gasteiger partial charge in [0.2, 0.25) is 0 Å².